The van der Waals surface area contributed by atoms with Crippen LogP contribution in [0.25, 0.3) is 11.4 Å². The number of hydrogen-bond acceptors (Lipinski definition) is 4. The Bertz CT molecular complexity index is 946. The minimum Gasteiger partial charge on any atom is -0.368 e. The van der Waals surface area contributed by atoms with Crippen molar-refractivity contribution in [3.05, 3.63) is 65.5 Å². The first-order valence-corrected chi connectivity index (χ1v) is 9.68. The summed E-state index contributed by atoms with van der Waals surface area (Å²) in [7, 11) is 0. The van der Waals surface area contributed by atoms with Gasteiger partial charge >= 0.3 is 0 Å². The number of nitrogens with zero attached hydrogens (tertiary/aromatic N) is 2. The van der Waals surface area contributed by atoms with E-state index < -0.39 is 0 Å². The summed E-state index contributed by atoms with van der Waals surface area (Å²) in [5.74, 6) is 1.41. The van der Waals surface area contributed by atoms with Crippen LogP contribution in [0, 0.1) is 6.92 Å². The normalized spacial score (nSPS) is 16.2. The van der Waals surface area contributed by atoms with Crippen molar-refractivity contribution < 1.29 is 9.53 Å². The second-order valence-electron chi connectivity index (χ2n) is 7.06. The van der Waals surface area contributed by atoms with Gasteiger partial charge in [-0.25, -0.2) is 4.98 Å². The number of benzene rings is 2. The molecule has 0 bridgehead atoms. The summed E-state index contributed by atoms with van der Waals surface area (Å²) in [5.41, 5.74) is 3.90. The van der Waals surface area contributed by atoms with Gasteiger partial charge in [-0.2, -0.15) is 5.10 Å². The van der Waals surface area contributed by atoms with E-state index in [1.165, 1.54) is 5.56 Å². The number of hydrogen-bond donors (Lipinski definition) is 2. The SMILES string of the molecule is Cc1c(NC(=O)[C@H]2CCCO2)cccc1-c1n[nH]c(CCc2ccccc2)n1. The summed E-state index contributed by atoms with van der Waals surface area (Å²) in [5, 5.41) is 10.4. The van der Waals surface area contributed by atoms with Crippen molar-refractivity contribution in [2.45, 2.75) is 38.7 Å². The smallest absolute Gasteiger partial charge is 0.253 e. The van der Waals surface area contributed by atoms with Gasteiger partial charge in [0.25, 0.3) is 5.91 Å². The van der Waals surface area contributed by atoms with E-state index in [2.05, 4.69) is 32.6 Å². The van der Waals surface area contributed by atoms with Crippen molar-refractivity contribution in [2.75, 3.05) is 11.9 Å². The molecule has 4 rings (SSSR count). The summed E-state index contributed by atoms with van der Waals surface area (Å²) in [6.45, 7) is 2.63. The third-order valence-electron chi connectivity index (χ3n) is 5.08. The number of rotatable bonds is 6. The number of amides is 1. The molecule has 1 fully saturated rings. The highest BCUT2D eigenvalue weighted by molar-refractivity contribution is 5.95. The largest absolute Gasteiger partial charge is 0.368 e. The molecule has 0 spiro atoms. The van der Waals surface area contributed by atoms with Gasteiger partial charge in [0.05, 0.1) is 0 Å². The van der Waals surface area contributed by atoms with Gasteiger partial charge < -0.3 is 10.1 Å². The van der Waals surface area contributed by atoms with Crippen LogP contribution in [0.4, 0.5) is 5.69 Å². The van der Waals surface area contributed by atoms with Gasteiger partial charge in [-0.15, -0.1) is 0 Å². The second-order valence-corrected chi connectivity index (χ2v) is 7.06. The molecular weight excluding hydrogens is 352 g/mol. The van der Waals surface area contributed by atoms with E-state index in [1.807, 2.05) is 43.3 Å². The fraction of sp³-hybridized carbons (Fsp3) is 0.318. The molecule has 144 valence electrons. The Balaban J connectivity index is 1.47. The quantitative estimate of drug-likeness (QED) is 0.688. The van der Waals surface area contributed by atoms with Crippen LogP contribution in [0.3, 0.4) is 0 Å². The molecular formula is C22H24N4O2. The molecule has 2 heterocycles. The Labute approximate surface area is 164 Å². The number of nitrogens with one attached hydrogen (secondary N) is 2. The second kappa shape index (κ2) is 8.35. The van der Waals surface area contributed by atoms with Gasteiger partial charge in [0.15, 0.2) is 5.82 Å². The fourth-order valence-corrected chi connectivity index (χ4v) is 3.45. The van der Waals surface area contributed by atoms with Crippen molar-refractivity contribution >= 4 is 11.6 Å². The lowest BCUT2D eigenvalue weighted by molar-refractivity contribution is -0.124. The van der Waals surface area contributed by atoms with Crippen LogP contribution in [-0.2, 0) is 22.4 Å². The van der Waals surface area contributed by atoms with E-state index in [4.69, 9.17) is 4.74 Å². The highest BCUT2D eigenvalue weighted by Crippen LogP contribution is 2.27. The molecule has 28 heavy (non-hydrogen) atoms. The molecule has 2 N–H and O–H groups in total. The third-order valence-corrected chi connectivity index (χ3v) is 5.08. The van der Waals surface area contributed by atoms with Crippen molar-refractivity contribution in [1.82, 2.24) is 15.2 Å². The van der Waals surface area contributed by atoms with Gasteiger partial charge in [-0.05, 0) is 43.4 Å². The van der Waals surface area contributed by atoms with Crippen LogP contribution >= 0.6 is 0 Å². The van der Waals surface area contributed by atoms with Crippen molar-refractivity contribution in [3.63, 3.8) is 0 Å². The maximum atomic E-state index is 12.4. The van der Waals surface area contributed by atoms with Gasteiger partial charge in [0, 0.05) is 24.3 Å². The molecule has 2 aromatic carbocycles. The Hall–Kier alpha value is -2.99. The molecule has 6 heteroatoms. The zero-order chi connectivity index (χ0) is 19.3. The lowest BCUT2D eigenvalue weighted by Gasteiger charge is -2.13. The monoisotopic (exact) mass is 376 g/mol. The van der Waals surface area contributed by atoms with E-state index in [-0.39, 0.29) is 12.0 Å². The summed E-state index contributed by atoms with van der Waals surface area (Å²) in [6, 6.07) is 16.1. The number of H-pyrrole nitrogens is 1. The maximum Gasteiger partial charge on any atom is 0.253 e. The summed E-state index contributed by atoms with van der Waals surface area (Å²) >= 11 is 0. The average molecular weight is 376 g/mol. The fourth-order valence-electron chi connectivity index (χ4n) is 3.45. The molecule has 0 aliphatic carbocycles. The molecule has 1 atom stereocenters. The molecule has 3 aromatic rings. The Morgan fingerprint density at radius 3 is 2.82 bits per heavy atom. The van der Waals surface area contributed by atoms with Crippen LogP contribution in [-0.4, -0.2) is 33.8 Å². The van der Waals surface area contributed by atoms with Gasteiger partial charge in [0.2, 0.25) is 0 Å². The molecule has 1 aliphatic rings. The summed E-state index contributed by atoms with van der Waals surface area (Å²) in [4.78, 5) is 17.0. The Morgan fingerprint density at radius 1 is 1.18 bits per heavy atom. The number of aromatic nitrogens is 3. The predicted octanol–water partition coefficient (Wildman–Crippen LogP) is 3.68. The van der Waals surface area contributed by atoms with Crippen LogP contribution in [0.15, 0.2) is 48.5 Å². The lowest BCUT2D eigenvalue weighted by atomic mass is 10.1. The summed E-state index contributed by atoms with van der Waals surface area (Å²) in [6.07, 6.45) is 3.06. The first kappa shape index (κ1) is 18.4. The number of aromatic amines is 1. The molecule has 1 aliphatic heterocycles. The molecule has 0 radical (unpaired) electrons. The number of carbonyl (C=O) groups is 1. The van der Waals surface area contributed by atoms with E-state index in [0.717, 1.165) is 48.3 Å². The Morgan fingerprint density at radius 2 is 2.04 bits per heavy atom. The molecule has 0 saturated carbocycles. The van der Waals surface area contributed by atoms with E-state index in [9.17, 15) is 4.79 Å². The van der Waals surface area contributed by atoms with E-state index in [0.29, 0.717) is 12.4 Å². The average Bonchev–Trinajstić information content (AvgIpc) is 3.41. The summed E-state index contributed by atoms with van der Waals surface area (Å²) < 4.78 is 5.47. The van der Waals surface area contributed by atoms with Crippen molar-refractivity contribution in [3.8, 4) is 11.4 Å². The highest BCUT2D eigenvalue weighted by atomic mass is 16.5. The molecule has 1 aromatic heterocycles. The zero-order valence-corrected chi connectivity index (χ0v) is 15.9. The third kappa shape index (κ3) is 4.12. The number of anilines is 1. The van der Waals surface area contributed by atoms with Gasteiger partial charge in [0.1, 0.15) is 11.9 Å². The van der Waals surface area contributed by atoms with Gasteiger partial charge in [-0.3, -0.25) is 9.89 Å². The molecule has 1 amide bonds. The highest BCUT2D eigenvalue weighted by Gasteiger charge is 2.24. The minimum absolute atomic E-state index is 0.0868. The zero-order valence-electron chi connectivity index (χ0n) is 15.9. The predicted molar refractivity (Wildman–Crippen MR) is 108 cm³/mol. The van der Waals surface area contributed by atoms with E-state index >= 15 is 0 Å². The standard InChI is InChI=1S/C22H24N4O2/c1-15-17(9-5-10-18(15)23-22(27)19-11-6-14-28-19)21-24-20(25-26-21)13-12-16-7-3-2-4-8-16/h2-5,7-10,19H,6,11-14H2,1H3,(H,23,27)(H,24,25,26)/t19-/m1/s1. The van der Waals surface area contributed by atoms with Crippen LogP contribution in [0.5, 0.6) is 0 Å². The van der Waals surface area contributed by atoms with Crippen LogP contribution in [0.2, 0.25) is 0 Å². The minimum atomic E-state index is -0.351. The van der Waals surface area contributed by atoms with E-state index in [1.54, 1.807) is 0 Å². The number of ether oxygens (including phenoxy) is 1. The first-order valence-electron chi connectivity index (χ1n) is 9.68. The molecule has 6 nitrogen and oxygen atoms in total. The topological polar surface area (TPSA) is 79.9 Å². The lowest BCUT2D eigenvalue weighted by Crippen LogP contribution is -2.27. The van der Waals surface area contributed by atoms with Crippen molar-refractivity contribution in [1.29, 1.82) is 0 Å². The molecule has 1 saturated heterocycles. The Kier molecular flexibility index (Phi) is 5.48. The first-order chi connectivity index (χ1) is 13.7. The van der Waals surface area contributed by atoms with Crippen LogP contribution < -0.4 is 5.32 Å². The maximum absolute atomic E-state index is 12.4. The van der Waals surface area contributed by atoms with Gasteiger partial charge in [-0.1, -0.05) is 42.5 Å². The number of aryl methyl sites for hydroxylation is 2. The van der Waals surface area contributed by atoms with Crippen molar-refractivity contribution in [2.24, 2.45) is 0 Å². The number of carbonyl (C=O) groups excluding carboxylic acids is 1. The molecule has 0 unspecified atom stereocenters. The van der Waals surface area contributed by atoms with Crippen LogP contribution in [0.1, 0.15) is 29.8 Å².